The summed E-state index contributed by atoms with van der Waals surface area (Å²) < 4.78 is 0. The molecule has 5 heteroatoms. The number of nitrogens with one attached hydrogen (secondary N) is 1. The Kier molecular flexibility index (Phi) is 7.18. The van der Waals surface area contributed by atoms with Crippen molar-refractivity contribution in [2.75, 3.05) is 19.6 Å². The quantitative estimate of drug-likeness (QED) is 0.690. The van der Waals surface area contributed by atoms with Crippen molar-refractivity contribution in [2.24, 2.45) is 5.92 Å². The molecular weight excluding hydrogens is 356 g/mol. The van der Waals surface area contributed by atoms with Crippen molar-refractivity contribution in [2.45, 2.75) is 38.6 Å². The van der Waals surface area contributed by atoms with E-state index in [1.54, 1.807) is 23.5 Å². The predicted molar refractivity (Wildman–Crippen MR) is 110 cm³/mol. The smallest absolute Gasteiger partial charge is 0.220 e. The molecule has 4 nitrogen and oxygen atoms in total. The highest BCUT2D eigenvalue weighted by Crippen LogP contribution is 2.29. The number of hydrogen-bond donors (Lipinski definition) is 1. The lowest BCUT2D eigenvalue weighted by molar-refractivity contribution is -0.121. The van der Waals surface area contributed by atoms with Gasteiger partial charge in [-0.2, -0.15) is 0 Å². The second kappa shape index (κ2) is 9.81. The Morgan fingerprint density at radius 1 is 1.11 bits per heavy atom. The van der Waals surface area contributed by atoms with Crippen LogP contribution >= 0.6 is 11.3 Å². The minimum Gasteiger partial charge on any atom is -0.354 e. The van der Waals surface area contributed by atoms with Gasteiger partial charge in [0, 0.05) is 29.8 Å². The highest BCUT2D eigenvalue weighted by molar-refractivity contribution is 7.10. The third-order valence-corrected chi connectivity index (χ3v) is 6.27. The van der Waals surface area contributed by atoms with Gasteiger partial charge in [-0.15, -0.1) is 11.3 Å². The van der Waals surface area contributed by atoms with Crippen LogP contribution in [0.15, 0.2) is 47.8 Å². The van der Waals surface area contributed by atoms with Crippen molar-refractivity contribution in [3.63, 3.8) is 0 Å². The Bertz CT molecular complexity index is 722. The number of piperidine rings is 1. The van der Waals surface area contributed by atoms with Gasteiger partial charge in [0.15, 0.2) is 5.78 Å². The van der Waals surface area contributed by atoms with Crippen LogP contribution in [-0.2, 0) is 4.79 Å². The Hall–Kier alpha value is -1.98. The summed E-state index contributed by atoms with van der Waals surface area (Å²) in [5.41, 5.74) is 0.671. The summed E-state index contributed by atoms with van der Waals surface area (Å²) in [6, 6.07) is 13.6. The van der Waals surface area contributed by atoms with E-state index in [1.165, 1.54) is 17.7 Å². The monoisotopic (exact) mass is 384 g/mol. The Labute approximate surface area is 165 Å². The second-order valence-corrected chi connectivity index (χ2v) is 8.32. The third-order valence-electron chi connectivity index (χ3n) is 5.30. The molecule has 0 radical (unpaired) electrons. The standard InChI is InChI=1S/C22H28N2O2S/c1-17-11-13-24(14-12-17)19(21-8-5-15-27-21)16-23-22(26)10-9-20(25)18-6-3-2-4-7-18/h2-8,15,17,19H,9-14,16H2,1H3,(H,23,26). The van der Waals surface area contributed by atoms with E-state index in [0.717, 1.165) is 19.0 Å². The first-order chi connectivity index (χ1) is 13.1. The lowest BCUT2D eigenvalue weighted by atomic mass is 9.97. The molecule has 1 aliphatic rings. The van der Waals surface area contributed by atoms with Gasteiger partial charge >= 0.3 is 0 Å². The first-order valence-electron chi connectivity index (χ1n) is 9.76. The normalized spacial score (nSPS) is 16.8. The molecule has 2 aromatic rings. The van der Waals surface area contributed by atoms with Crippen LogP contribution < -0.4 is 5.32 Å². The molecule has 1 aliphatic heterocycles. The first-order valence-corrected chi connectivity index (χ1v) is 10.6. The number of hydrogen-bond acceptors (Lipinski definition) is 4. The number of rotatable bonds is 8. The van der Waals surface area contributed by atoms with Crippen LogP contribution in [0.25, 0.3) is 0 Å². The number of thiophene rings is 1. The van der Waals surface area contributed by atoms with Crippen LogP contribution in [0.4, 0.5) is 0 Å². The van der Waals surface area contributed by atoms with Crippen LogP contribution in [0, 0.1) is 5.92 Å². The van der Waals surface area contributed by atoms with Crippen LogP contribution in [-0.4, -0.2) is 36.2 Å². The van der Waals surface area contributed by atoms with Crippen LogP contribution in [0.5, 0.6) is 0 Å². The molecule has 1 atom stereocenters. The molecule has 0 bridgehead atoms. The maximum atomic E-state index is 12.3. The Balaban J connectivity index is 1.51. The largest absolute Gasteiger partial charge is 0.354 e. The highest BCUT2D eigenvalue weighted by atomic mass is 32.1. The lowest BCUT2D eigenvalue weighted by Gasteiger charge is -2.36. The summed E-state index contributed by atoms with van der Waals surface area (Å²) in [6.45, 7) is 5.06. The van der Waals surface area contributed by atoms with E-state index in [0.29, 0.717) is 12.1 Å². The molecule has 1 N–H and O–H groups in total. The van der Waals surface area contributed by atoms with E-state index in [9.17, 15) is 9.59 Å². The highest BCUT2D eigenvalue weighted by Gasteiger charge is 2.25. The average Bonchev–Trinajstić information content (AvgIpc) is 3.23. The average molecular weight is 385 g/mol. The van der Waals surface area contributed by atoms with Gasteiger partial charge in [-0.05, 0) is 43.3 Å². The zero-order chi connectivity index (χ0) is 19.1. The van der Waals surface area contributed by atoms with E-state index in [1.807, 2.05) is 18.2 Å². The number of benzene rings is 1. The fraction of sp³-hybridized carbons (Fsp3) is 0.455. The third kappa shape index (κ3) is 5.75. The second-order valence-electron chi connectivity index (χ2n) is 7.34. The number of carbonyl (C=O) groups is 2. The van der Waals surface area contributed by atoms with Gasteiger partial charge in [0.25, 0.3) is 0 Å². The molecule has 1 saturated heterocycles. The molecule has 1 aromatic carbocycles. The van der Waals surface area contributed by atoms with E-state index < -0.39 is 0 Å². The number of nitrogens with zero attached hydrogens (tertiary/aromatic N) is 1. The molecule has 0 saturated carbocycles. The molecule has 144 valence electrons. The Morgan fingerprint density at radius 3 is 2.52 bits per heavy atom. The minimum atomic E-state index is -0.0498. The van der Waals surface area contributed by atoms with Gasteiger partial charge in [-0.25, -0.2) is 0 Å². The lowest BCUT2D eigenvalue weighted by Crippen LogP contribution is -2.41. The van der Waals surface area contributed by atoms with Gasteiger partial charge in [-0.1, -0.05) is 43.3 Å². The van der Waals surface area contributed by atoms with Gasteiger partial charge in [0.2, 0.25) is 5.91 Å². The zero-order valence-corrected chi connectivity index (χ0v) is 16.7. The van der Waals surface area contributed by atoms with E-state index in [2.05, 4.69) is 34.7 Å². The molecule has 1 aromatic heterocycles. The summed E-state index contributed by atoms with van der Waals surface area (Å²) in [7, 11) is 0. The van der Waals surface area contributed by atoms with Crippen molar-refractivity contribution < 1.29 is 9.59 Å². The predicted octanol–water partition coefficient (Wildman–Crippen LogP) is 4.30. The molecule has 0 aliphatic carbocycles. The van der Waals surface area contributed by atoms with Crippen LogP contribution in [0.2, 0.25) is 0 Å². The molecule has 0 spiro atoms. The SMILES string of the molecule is CC1CCN(C(CNC(=O)CCC(=O)c2ccccc2)c2cccs2)CC1. The molecule has 2 heterocycles. The van der Waals surface area contributed by atoms with Crippen molar-refractivity contribution in [1.82, 2.24) is 10.2 Å². The van der Waals surface area contributed by atoms with Crippen molar-refractivity contribution in [3.05, 3.63) is 58.3 Å². The number of Topliss-reactive ketones (excluding diaryl/α,β-unsaturated/α-hetero) is 1. The summed E-state index contributed by atoms with van der Waals surface area (Å²) in [5.74, 6) is 0.751. The molecule has 1 unspecified atom stereocenters. The maximum Gasteiger partial charge on any atom is 0.220 e. The van der Waals surface area contributed by atoms with Gasteiger partial charge < -0.3 is 5.32 Å². The zero-order valence-electron chi connectivity index (χ0n) is 15.9. The molecule has 3 rings (SSSR count). The first kappa shape index (κ1) is 19.8. The van der Waals surface area contributed by atoms with Crippen LogP contribution in [0.1, 0.15) is 53.9 Å². The van der Waals surface area contributed by atoms with Crippen LogP contribution in [0.3, 0.4) is 0 Å². The van der Waals surface area contributed by atoms with Crippen molar-refractivity contribution >= 4 is 23.0 Å². The molecule has 1 fully saturated rings. The Morgan fingerprint density at radius 2 is 1.85 bits per heavy atom. The summed E-state index contributed by atoms with van der Waals surface area (Å²) in [5, 5.41) is 5.15. The van der Waals surface area contributed by atoms with Gasteiger partial charge in [0.1, 0.15) is 0 Å². The fourth-order valence-corrected chi connectivity index (χ4v) is 4.39. The van der Waals surface area contributed by atoms with Gasteiger partial charge in [-0.3, -0.25) is 14.5 Å². The number of likely N-dealkylation sites (tertiary alicyclic amines) is 1. The topological polar surface area (TPSA) is 49.4 Å². The minimum absolute atomic E-state index is 0.0191. The van der Waals surface area contributed by atoms with Gasteiger partial charge in [0.05, 0.1) is 6.04 Å². The summed E-state index contributed by atoms with van der Waals surface area (Å²) in [6.07, 6.45) is 2.91. The number of amides is 1. The van der Waals surface area contributed by atoms with E-state index >= 15 is 0 Å². The number of carbonyl (C=O) groups excluding carboxylic acids is 2. The number of ketones is 1. The van der Waals surface area contributed by atoms with E-state index in [4.69, 9.17) is 0 Å². The summed E-state index contributed by atoms with van der Waals surface area (Å²) >= 11 is 1.75. The molecule has 27 heavy (non-hydrogen) atoms. The van der Waals surface area contributed by atoms with Crippen molar-refractivity contribution in [3.8, 4) is 0 Å². The van der Waals surface area contributed by atoms with Crippen molar-refractivity contribution in [1.29, 1.82) is 0 Å². The van der Waals surface area contributed by atoms with E-state index in [-0.39, 0.29) is 30.6 Å². The molecular formula is C22H28N2O2S. The maximum absolute atomic E-state index is 12.3. The molecule has 1 amide bonds. The fourth-order valence-electron chi connectivity index (χ4n) is 3.53. The summed E-state index contributed by atoms with van der Waals surface area (Å²) in [4.78, 5) is 28.3.